The molecule has 1 unspecified atom stereocenters. The first-order chi connectivity index (χ1) is 6.15. The number of nitrogens with one attached hydrogen (secondary N) is 1. The number of aliphatic hydroxyl groups excluding tert-OH is 1. The van der Waals surface area contributed by atoms with E-state index in [4.69, 9.17) is 5.11 Å². The van der Waals surface area contributed by atoms with E-state index in [1.807, 2.05) is 13.8 Å². The molecule has 0 saturated carbocycles. The number of amides is 1. The molecule has 76 valence electrons. The van der Waals surface area contributed by atoms with Crippen molar-refractivity contribution < 1.29 is 9.90 Å². The summed E-state index contributed by atoms with van der Waals surface area (Å²) in [5.74, 6) is -0.0705. The highest BCUT2D eigenvalue weighted by molar-refractivity contribution is 5.78. The number of rotatable bonds is 6. The van der Waals surface area contributed by atoms with Crippen LogP contribution in [0.3, 0.4) is 0 Å². The van der Waals surface area contributed by atoms with Crippen LogP contribution in [0.2, 0.25) is 0 Å². The molecule has 0 saturated heterocycles. The molecule has 0 radical (unpaired) electrons. The van der Waals surface area contributed by atoms with Crippen molar-refractivity contribution in [1.82, 2.24) is 5.32 Å². The van der Waals surface area contributed by atoms with Gasteiger partial charge in [-0.1, -0.05) is 19.9 Å². The summed E-state index contributed by atoms with van der Waals surface area (Å²) in [6.45, 7) is 7.35. The minimum atomic E-state index is -0.111. The second kappa shape index (κ2) is 6.66. The van der Waals surface area contributed by atoms with Crippen LogP contribution in [0.5, 0.6) is 0 Å². The molecule has 2 N–H and O–H groups in total. The van der Waals surface area contributed by atoms with Crippen molar-refractivity contribution >= 4 is 5.91 Å². The van der Waals surface area contributed by atoms with E-state index in [0.717, 1.165) is 6.42 Å². The predicted octanol–water partition coefficient (Wildman–Crippen LogP) is 1.09. The average Bonchev–Trinajstić information content (AvgIpc) is 2.14. The molecule has 0 aromatic rings. The maximum absolute atomic E-state index is 11.4. The van der Waals surface area contributed by atoms with Crippen LogP contribution in [0.15, 0.2) is 12.7 Å². The van der Waals surface area contributed by atoms with E-state index in [-0.39, 0.29) is 24.5 Å². The van der Waals surface area contributed by atoms with Gasteiger partial charge in [0.1, 0.15) is 0 Å². The Morgan fingerprint density at radius 1 is 1.69 bits per heavy atom. The number of carbonyl (C=O) groups excluding carboxylic acids is 1. The maximum atomic E-state index is 11.4. The third kappa shape index (κ3) is 4.68. The summed E-state index contributed by atoms with van der Waals surface area (Å²) in [7, 11) is 0. The summed E-state index contributed by atoms with van der Waals surface area (Å²) >= 11 is 0. The van der Waals surface area contributed by atoms with Crippen molar-refractivity contribution in [2.75, 3.05) is 6.61 Å². The number of hydrogen-bond acceptors (Lipinski definition) is 2. The predicted molar refractivity (Wildman–Crippen MR) is 53.3 cm³/mol. The monoisotopic (exact) mass is 185 g/mol. The van der Waals surface area contributed by atoms with Crippen LogP contribution in [0.4, 0.5) is 0 Å². The molecule has 3 nitrogen and oxygen atoms in total. The summed E-state index contributed by atoms with van der Waals surface area (Å²) in [5.41, 5.74) is 0. The molecule has 13 heavy (non-hydrogen) atoms. The highest BCUT2D eigenvalue weighted by Crippen LogP contribution is 2.03. The number of allylic oxidation sites excluding steroid dienone is 1. The zero-order chi connectivity index (χ0) is 10.3. The van der Waals surface area contributed by atoms with E-state index in [9.17, 15) is 4.79 Å². The van der Waals surface area contributed by atoms with E-state index in [1.54, 1.807) is 6.08 Å². The van der Waals surface area contributed by atoms with Gasteiger partial charge in [-0.25, -0.2) is 0 Å². The lowest BCUT2D eigenvalue weighted by atomic mass is 10.1. The molecule has 0 aliphatic heterocycles. The lowest BCUT2D eigenvalue weighted by Crippen LogP contribution is -2.39. The molecule has 2 atom stereocenters. The Morgan fingerprint density at radius 3 is 2.69 bits per heavy atom. The average molecular weight is 185 g/mol. The van der Waals surface area contributed by atoms with Crippen LogP contribution in [0.25, 0.3) is 0 Å². The molecule has 0 aliphatic rings. The standard InChI is InChI=1S/C10H19NO2/c1-4-6-8(3)10(13)11-9(5-2)7-12/h4,8-9,12H,1,5-7H2,2-3H3,(H,11,13)/t8?,9-/m0/s1. The Hall–Kier alpha value is -0.830. The lowest BCUT2D eigenvalue weighted by Gasteiger charge is -2.16. The highest BCUT2D eigenvalue weighted by atomic mass is 16.3. The van der Waals surface area contributed by atoms with Crippen LogP contribution in [0.1, 0.15) is 26.7 Å². The molecule has 3 heteroatoms. The van der Waals surface area contributed by atoms with Crippen LogP contribution in [0, 0.1) is 5.92 Å². The number of carbonyl (C=O) groups is 1. The van der Waals surface area contributed by atoms with Gasteiger partial charge >= 0.3 is 0 Å². The van der Waals surface area contributed by atoms with Gasteiger partial charge in [-0.2, -0.15) is 0 Å². The van der Waals surface area contributed by atoms with Crippen molar-refractivity contribution in [3.63, 3.8) is 0 Å². The smallest absolute Gasteiger partial charge is 0.223 e. The lowest BCUT2D eigenvalue weighted by molar-refractivity contribution is -0.125. The largest absolute Gasteiger partial charge is 0.394 e. The first-order valence-electron chi connectivity index (χ1n) is 4.67. The second-order valence-corrected chi connectivity index (χ2v) is 3.22. The van der Waals surface area contributed by atoms with Gasteiger partial charge in [-0.15, -0.1) is 6.58 Å². The minimum Gasteiger partial charge on any atom is -0.394 e. The fraction of sp³-hybridized carbons (Fsp3) is 0.700. The first-order valence-corrected chi connectivity index (χ1v) is 4.67. The normalized spacial score (nSPS) is 14.7. The van der Waals surface area contributed by atoms with Crippen LogP contribution < -0.4 is 5.32 Å². The quantitative estimate of drug-likeness (QED) is 0.608. The van der Waals surface area contributed by atoms with E-state index in [0.29, 0.717) is 6.42 Å². The number of aliphatic hydroxyl groups is 1. The van der Waals surface area contributed by atoms with Gasteiger partial charge in [0.15, 0.2) is 0 Å². The van der Waals surface area contributed by atoms with E-state index >= 15 is 0 Å². The summed E-state index contributed by atoms with van der Waals surface area (Å²) < 4.78 is 0. The zero-order valence-corrected chi connectivity index (χ0v) is 8.42. The SMILES string of the molecule is C=CCC(C)C(=O)N[C@@H](CC)CO. The third-order valence-corrected chi connectivity index (χ3v) is 2.03. The summed E-state index contributed by atoms with van der Waals surface area (Å²) in [6.07, 6.45) is 3.15. The molecule has 0 aromatic heterocycles. The van der Waals surface area contributed by atoms with Crippen molar-refractivity contribution in [2.24, 2.45) is 5.92 Å². The number of hydrogen-bond donors (Lipinski definition) is 2. The minimum absolute atomic E-state index is 0.00303. The van der Waals surface area contributed by atoms with E-state index in [1.165, 1.54) is 0 Å². The molecule has 0 bridgehead atoms. The molecule has 1 amide bonds. The zero-order valence-electron chi connectivity index (χ0n) is 8.42. The van der Waals surface area contributed by atoms with E-state index in [2.05, 4.69) is 11.9 Å². The fourth-order valence-corrected chi connectivity index (χ4v) is 0.977. The van der Waals surface area contributed by atoms with Gasteiger partial charge in [0.25, 0.3) is 0 Å². The molecule has 0 aromatic carbocycles. The van der Waals surface area contributed by atoms with Crippen molar-refractivity contribution in [2.45, 2.75) is 32.7 Å². The van der Waals surface area contributed by atoms with Crippen LogP contribution in [-0.2, 0) is 4.79 Å². The van der Waals surface area contributed by atoms with Gasteiger partial charge < -0.3 is 10.4 Å². The van der Waals surface area contributed by atoms with Crippen LogP contribution >= 0.6 is 0 Å². The molecule has 0 spiro atoms. The molecule has 0 heterocycles. The first kappa shape index (κ1) is 12.2. The summed E-state index contributed by atoms with van der Waals surface area (Å²) in [4.78, 5) is 11.4. The highest BCUT2D eigenvalue weighted by Gasteiger charge is 2.14. The second-order valence-electron chi connectivity index (χ2n) is 3.22. The van der Waals surface area contributed by atoms with Gasteiger partial charge in [0.05, 0.1) is 12.6 Å². The Labute approximate surface area is 79.8 Å². The molecule has 0 fully saturated rings. The molecular weight excluding hydrogens is 166 g/mol. The topological polar surface area (TPSA) is 49.3 Å². The molecular formula is C10H19NO2. The Morgan fingerprint density at radius 2 is 2.31 bits per heavy atom. The third-order valence-electron chi connectivity index (χ3n) is 2.03. The van der Waals surface area contributed by atoms with Gasteiger partial charge in [0.2, 0.25) is 5.91 Å². The Balaban J connectivity index is 3.89. The van der Waals surface area contributed by atoms with Crippen molar-refractivity contribution in [3.8, 4) is 0 Å². The van der Waals surface area contributed by atoms with Gasteiger partial charge in [0, 0.05) is 5.92 Å². The van der Waals surface area contributed by atoms with Gasteiger partial charge in [-0.3, -0.25) is 4.79 Å². The maximum Gasteiger partial charge on any atom is 0.223 e. The van der Waals surface area contributed by atoms with Crippen LogP contribution in [-0.4, -0.2) is 23.7 Å². The molecule has 0 aliphatic carbocycles. The Kier molecular flexibility index (Phi) is 6.24. The Bertz CT molecular complexity index is 164. The van der Waals surface area contributed by atoms with Crippen molar-refractivity contribution in [3.05, 3.63) is 12.7 Å². The summed E-state index contributed by atoms with van der Waals surface area (Å²) in [6, 6.07) is -0.111. The molecule has 0 rings (SSSR count). The van der Waals surface area contributed by atoms with Crippen molar-refractivity contribution in [1.29, 1.82) is 0 Å². The fourth-order valence-electron chi connectivity index (χ4n) is 0.977. The summed E-state index contributed by atoms with van der Waals surface area (Å²) in [5, 5.41) is 11.6. The van der Waals surface area contributed by atoms with Gasteiger partial charge in [-0.05, 0) is 12.8 Å². The van der Waals surface area contributed by atoms with E-state index < -0.39 is 0 Å².